The van der Waals surface area contributed by atoms with Crippen LogP contribution in [0.15, 0.2) is 24.3 Å². The summed E-state index contributed by atoms with van der Waals surface area (Å²) in [6, 6.07) is 8.01. The van der Waals surface area contributed by atoms with Gasteiger partial charge in [0, 0.05) is 6.54 Å². The molecule has 0 unspecified atom stereocenters. The lowest BCUT2D eigenvalue weighted by Gasteiger charge is -2.28. The van der Waals surface area contributed by atoms with Crippen LogP contribution in [-0.2, 0) is 4.79 Å². The number of para-hydroxylation sites is 1. The number of carbonyl (C=O) groups excluding carboxylic acids is 1. The van der Waals surface area contributed by atoms with E-state index in [1.54, 1.807) is 26.0 Å². The predicted octanol–water partition coefficient (Wildman–Crippen LogP) is 3.25. The van der Waals surface area contributed by atoms with Crippen LogP contribution in [0.3, 0.4) is 0 Å². The minimum absolute atomic E-state index is 0.156. The number of hydrogen-bond donors (Lipinski definition) is 0. The third kappa shape index (κ3) is 3.54. The van der Waals surface area contributed by atoms with Gasteiger partial charge < -0.3 is 4.90 Å². The summed E-state index contributed by atoms with van der Waals surface area (Å²) in [6.07, 6.45) is 0.156. The van der Waals surface area contributed by atoms with E-state index in [-0.39, 0.29) is 24.6 Å². The Balaban J connectivity index is 3.11. The van der Waals surface area contributed by atoms with Crippen LogP contribution < -0.4 is 4.90 Å². The molecule has 1 amide bonds. The number of rotatable bonds is 4. The van der Waals surface area contributed by atoms with Gasteiger partial charge in [-0.15, -0.1) is 0 Å². The highest BCUT2D eigenvalue weighted by Crippen LogP contribution is 2.26. The van der Waals surface area contributed by atoms with E-state index in [2.05, 4.69) is 15.9 Å². The van der Waals surface area contributed by atoms with E-state index in [0.29, 0.717) is 0 Å². The molecule has 5 heteroatoms. The summed E-state index contributed by atoms with van der Waals surface area (Å²) < 4.78 is 12.9. The summed E-state index contributed by atoms with van der Waals surface area (Å²) in [6.45, 7) is 3.55. The second kappa shape index (κ2) is 5.96. The fraction of sp³-hybridized carbons (Fsp3) is 0.385. The van der Waals surface area contributed by atoms with E-state index >= 15 is 0 Å². The lowest BCUT2D eigenvalue weighted by Crippen LogP contribution is -2.42. The number of anilines is 1. The number of amides is 1. The maximum atomic E-state index is 13.7. The van der Waals surface area contributed by atoms with Gasteiger partial charge in [-0.3, -0.25) is 4.79 Å². The zero-order chi connectivity index (χ0) is 13.8. The first-order chi connectivity index (χ1) is 8.38. The van der Waals surface area contributed by atoms with Gasteiger partial charge in [-0.1, -0.05) is 28.1 Å². The van der Waals surface area contributed by atoms with E-state index in [0.717, 1.165) is 0 Å². The number of benzene rings is 1. The van der Waals surface area contributed by atoms with E-state index in [9.17, 15) is 9.18 Å². The Hall–Kier alpha value is -1.41. The molecule has 96 valence electrons. The fourth-order valence-electron chi connectivity index (χ4n) is 1.48. The Morgan fingerprint density at radius 2 is 2.11 bits per heavy atom. The second-order valence-electron chi connectivity index (χ2n) is 4.29. The molecule has 0 aliphatic carbocycles. The van der Waals surface area contributed by atoms with Crippen LogP contribution in [0.25, 0.3) is 0 Å². The summed E-state index contributed by atoms with van der Waals surface area (Å²) in [4.78, 5) is 13.5. The molecule has 0 aromatic heterocycles. The summed E-state index contributed by atoms with van der Waals surface area (Å²) in [5.41, 5.74) is 0.199. The Morgan fingerprint density at radius 3 is 2.61 bits per heavy atom. The molecule has 0 saturated carbocycles. The summed E-state index contributed by atoms with van der Waals surface area (Å²) in [5.74, 6) is -0.747. The summed E-state index contributed by atoms with van der Waals surface area (Å²) >= 11 is 3.26. The molecule has 1 rings (SSSR count). The van der Waals surface area contributed by atoms with Gasteiger partial charge in [0.15, 0.2) is 0 Å². The number of alkyl halides is 1. The third-order valence-corrected chi connectivity index (χ3v) is 2.68. The molecule has 0 fully saturated rings. The predicted molar refractivity (Wildman–Crippen MR) is 72.0 cm³/mol. The molecule has 0 N–H and O–H groups in total. The zero-order valence-electron chi connectivity index (χ0n) is 10.3. The van der Waals surface area contributed by atoms with E-state index in [1.165, 1.54) is 17.0 Å². The molecule has 1 aromatic rings. The molecule has 3 nitrogen and oxygen atoms in total. The van der Waals surface area contributed by atoms with Gasteiger partial charge in [0.25, 0.3) is 0 Å². The van der Waals surface area contributed by atoms with Crippen LogP contribution in [-0.4, -0.2) is 16.8 Å². The van der Waals surface area contributed by atoms with Gasteiger partial charge >= 0.3 is 0 Å². The monoisotopic (exact) mass is 312 g/mol. The lowest BCUT2D eigenvalue weighted by atomic mass is 10.1. The van der Waals surface area contributed by atoms with Gasteiger partial charge in [-0.25, -0.2) is 4.39 Å². The molecule has 18 heavy (non-hydrogen) atoms. The smallest absolute Gasteiger partial charge is 0.243 e. The van der Waals surface area contributed by atoms with Crippen LogP contribution in [0.1, 0.15) is 20.3 Å². The minimum Gasteiger partial charge on any atom is -0.307 e. The zero-order valence-corrected chi connectivity index (χ0v) is 11.9. The fourth-order valence-corrected chi connectivity index (χ4v) is 1.70. The standard InChI is InChI=1S/C13H14BrFN2O/c1-13(2,14)12(18)17(9-5-8-16)11-7-4-3-6-10(11)15/h3-4,6-7H,5,9H2,1-2H3. The number of carbonyl (C=O) groups is 1. The second-order valence-corrected chi connectivity index (χ2v) is 6.27. The third-order valence-electron chi connectivity index (χ3n) is 2.34. The number of nitriles is 1. The Labute approximate surface area is 114 Å². The van der Waals surface area contributed by atoms with Crippen LogP contribution >= 0.6 is 15.9 Å². The van der Waals surface area contributed by atoms with Crippen molar-refractivity contribution in [3.8, 4) is 6.07 Å². The van der Waals surface area contributed by atoms with Gasteiger partial charge in [0.1, 0.15) is 5.82 Å². The largest absolute Gasteiger partial charge is 0.307 e. The highest BCUT2D eigenvalue weighted by atomic mass is 79.9. The molecular weight excluding hydrogens is 299 g/mol. The van der Waals surface area contributed by atoms with Crippen LogP contribution in [0, 0.1) is 17.1 Å². The molecule has 0 aliphatic heterocycles. The molecule has 0 saturated heterocycles. The molecule has 0 radical (unpaired) electrons. The molecule has 0 aliphatic rings. The topological polar surface area (TPSA) is 44.1 Å². The lowest BCUT2D eigenvalue weighted by molar-refractivity contribution is -0.120. The number of halogens is 2. The van der Waals surface area contributed by atoms with Crippen molar-refractivity contribution in [2.75, 3.05) is 11.4 Å². The first-order valence-electron chi connectivity index (χ1n) is 5.50. The average molecular weight is 313 g/mol. The highest BCUT2D eigenvalue weighted by molar-refractivity contribution is 9.10. The van der Waals surface area contributed by atoms with Crippen LogP contribution in [0.2, 0.25) is 0 Å². The van der Waals surface area contributed by atoms with Crippen molar-refractivity contribution in [3.05, 3.63) is 30.1 Å². The normalized spacial score (nSPS) is 10.8. The quantitative estimate of drug-likeness (QED) is 0.801. The van der Waals surface area contributed by atoms with E-state index in [1.807, 2.05) is 6.07 Å². The van der Waals surface area contributed by atoms with Crippen molar-refractivity contribution in [1.29, 1.82) is 5.26 Å². The first kappa shape index (κ1) is 14.7. The summed E-state index contributed by atoms with van der Waals surface area (Å²) in [7, 11) is 0. The van der Waals surface area contributed by atoms with Crippen molar-refractivity contribution >= 4 is 27.5 Å². The van der Waals surface area contributed by atoms with Gasteiger partial charge in [-0.05, 0) is 26.0 Å². The SMILES string of the molecule is CC(C)(Br)C(=O)N(CCC#N)c1ccccc1F. The van der Waals surface area contributed by atoms with Crippen molar-refractivity contribution in [3.63, 3.8) is 0 Å². The molecule has 1 aromatic carbocycles. The molecule has 0 atom stereocenters. The Bertz CT molecular complexity index is 477. The average Bonchev–Trinajstić information content (AvgIpc) is 2.30. The molecular formula is C13H14BrFN2O. The number of hydrogen-bond acceptors (Lipinski definition) is 2. The van der Waals surface area contributed by atoms with Gasteiger partial charge in [0.2, 0.25) is 5.91 Å². The van der Waals surface area contributed by atoms with E-state index < -0.39 is 10.1 Å². The molecule has 0 bridgehead atoms. The van der Waals surface area contributed by atoms with Crippen LogP contribution in [0.4, 0.5) is 10.1 Å². The first-order valence-corrected chi connectivity index (χ1v) is 6.29. The van der Waals surface area contributed by atoms with Gasteiger partial charge in [0.05, 0.1) is 22.5 Å². The maximum Gasteiger partial charge on any atom is 0.243 e. The molecule has 0 spiro atoms. The van der Waals surface area contributed by atoms with Crippen molar-refractivity contribution in [1.82, 2.24) is 0 Å². The van der Waals surface area contributed by atoms with Gasteiger partial charge in [-0.2, -0.15) is 5.26 Å². The Morgan fingerprint density at radius 1 is 1.50 bits per heavy atom. The minimum atomic E-state index is -0.801. The van der Waals surface area contributed by atoms with Crippen molar-refractivity contribution < 1.29 is 9.18 Å². The maximum absolute atomic E-state index is 13.7. The Kier molecular flexibility index (Phi) is 4.85. The van der Waals surface area contributed by atoms with Crippen LogP contribution in [0.5, 0.6) is 0 Å². The van der Waals surface area contributed by atoms with E-state index in [4.69, 9.17) is 5.26 Å². The van der Waals surface area contributed by atoms with Crippen molar-refractivity contribution in [2.24, 2.45) is 0 Å². The summed E-state index contributed by atoms with van der Waals surface area (Å²) in [5, 5.41) is 8.62. The molecule has 0 heterocycles. The highest BCUT2D eigenvalue weighted by Gasteiger charge is 2.30. The number of nitrogens with zero attached hydrogens (tertiary/aromatic N) is 2. The van der Waals surface area contributed by atoms with Crippen molar-refractivity contribution in [2.45, 2.75) is 24.6 Å².